The van der Waals surface area contributed by atoms with Crippen molar-refractivity contribution in [3.8, 4) is 11.3 Å². The molecule has 0 aliphatic rings. The van der Waals surface area contributed by atoms with Gasteiger partial charge < -0.3 is 15.0 Å². The highest BCUT2D eigenvalue weighted by Crippen LogP contribution is 2.24. The van der Waals surface area contributed by atoms with Gasteiger partial charge in [-0.3, -0.25) is 9.59 Å². The lowest BCUT2D eigenvalue weighted by molar-refractivity contribution is -0.115. The van der Waals surface area contributed by atoms with E-state index in [9.17, 15) is 14.4 Å². The fourth-order valence-electron chi connectivity index (χ4n) is 2.58. The van der Waals surface area contributed by atoms with Crippen LogP contribution in [0, 0.1) is 0 Å². The minimum Gasteiger partial charge on any atom is -0.465 e. The van der Waals surface area contributed by atoms with Crippen LogP contribution in [-0.4, -0.2) is 34.2 Å². The van der Waals surface area contributed by atoms with Gasteiger partial charge in [0.2, 0.25) is 5.91 Å². The Morgan fingerprint density at radius 2 is 1.79 bits per heavy atom. The number of H-pyrrole nitrogens is 1. The Morgan fingerprint density at radius 3 is 2.52 bits per heavy atom. The molecule has 8 heteroatoms. The Balaban J connectivity index is 1.76. The van der Waals surface area contributed by atoms with Gasteiger partial charge in [-0.2, -0.15) is 0 Å². The number of hydrogen-bond acceptors (Lipinski definition) is 6. The van der Waals surface area contributed by atoms with E-state index in [1.807, 2.05) is 30.3 Å². The van der Waals surface area contributed by atoms with Crippen LogP contribution >= 0.6 is 11.8 Å². The SMILES string of the molecule is COC(=O)c1ccccc1NC(=O)[C@@H](C)Sc1nc(-c2ccccc2)cc(=O)[nH]1. The summed E-state index contributed by atoms with van der Waals surface area (Å²) >= 11 is 1.12. The van der Waals surface area contributed by atoms with Crippen molar-refractivity contribution >= 4 is 29.3 Å². The molecule has 1 aromatic heterocycles. The van der Waals surface area contributed by atoms with Crippen LogP contribution in [0.4, 0.5) is 5.69 Å². The first kappa shape index (κ1) is 20.3. The maximum Gasteiger partial charge on any atom is 0.339 e. The molecule has 0 saturated heterocycles. The van der Waals surface area contributed by atoms with E-state index >= 15 is 0 Å². The Hall–Kier alpha value is -3.39. The number of aromatic amines is 1. The zero-order chi connectivity index (χ0) is 20.8. The van der Waals surface area contributed by atoms with Crippen LogP contribution in [0.15, 0.2) is 70.6 Å². The van der Waals surface area contributed by atoms with Crippen LogP contribution in [0.3, 0.4) is 0 Å². The number of nitrogens with zero attached hydrogens (tertiary/aromatic N) is 1. The molecule has 0 spiro atoms. The molecule has 1 atom stereocenters. The second kappa shape index (κ2) is 9.20. The van der Waals surface area contributed by atoms with E-state index in [0.29, 0.717) is 16.5 Å². The third-order valence-electron chi connectivity index (χ3n) is 4.04. The number of benzene rings is 2. The van der Waals surface area contributed by atoms with Crippen molar-refractivity contribution in [3.63, 3.8) is 0 Å². The first-order chi connectivity index (χ1) is 14.0. The molecule has 0 unspecified atom stereocenters. The number of carbonyl (C=O) groups excluding carboxylic acids is 2. The molecule has 7 nitrogen and oxygen atoms in total. The number of carbonyl (C=O) groups is 2. The number of amides is 1. The van der Waals surface area contributed by atoms with E-state index in [4.69, 9.17) is 4.74 Å². The first-order valence-corrected chi connectivity index (χ1v) is 9.67. The fraction of sp³-hybridized carbons (Fsp3) is 0.143. The number of aromatic nitrogens is 2. The zero-order valence-corrected chi connectivity index (χ0v) is 16.7. The van der Waals surface area contributed by atoms with Gasteiger partial charge in [0.25, 0.3) is 5.56 Å². The van der Waals surface area contributed by atoms with E-state index in [0.717, 1.165) is 17.3 Å². The smallest absolute Gasteiger partial charge is 0.339 e. The molecule has 29 heavy (non-hydrogen) atoms. The molecule has 0 radical (unpaired) electrons. The fourth-order valence-corrected chi connectivity index (χ4v) is 3.39. The summed E-state index contributed by atoms with van der Waals surface area (Å²) in [6.45, 7) is 1.69. The summed E-state index contributed by atoms with van der Waals surface area (Å²) in [5, 5.41) is 2.49. The van der Waals surface area contributed by atoms with Crippen molar-refractivity contribution in [1.82, 2.24) is 9.97 Å². The van der Waals surface area contributed by atoms with Crippen molar-refractivity contribution in [2.75, 3.05) is 12.4 Å². The first-order valence-electron chi connectivity index (χ1n) is 8.79. The van der Waals surface area contributed by atoms with Crippen LogP contribution in [0.5, 0.6) is 0 Å². The highest BCUT2D eigenvalue weighted by Gasteiger charge is 2.19. The van der Waals surface area contributed by atoms with Gasteiger partial charge in [0, 0.05) is 11.6 Å². The maximum absolute atomic E-state index is 12.6. The van der Waals surface area contributed by atoms with Gasteiger partial charge >= 0.3 is 5.97 Å². The Kier molecular flexibility index (Phi) is 6.46. The molecule has 1 heterocycles. The number of ether oxygens (including phenoxy) is 1. The molecule has 148 valence electrons. The maximum atomic E-state index is 12.6. The van der Waals surface area contributed by atoms with Crippen LogP contribution in [0.25, 0.3) is 11.3 Å². The van der Waals surface area contributed by atoms with Gasteiger partial charge in [0.05, 0.1) is 29.3 Å². The second-order valence-corrected chi connectivity index (χ2v) is 7.42. The molecule has 2 N–H and O–H groups in total. The molecule has 0 saturated carbocycles. The van der Waals surface area contributed by atoms with E-state index in [-0.39, 0.29) is 17.0 Å². The van der Waals surface area contributed by atoms with Crippen LogP contribution in [-0.2, 0) is 9.53 Å². The molecular weight excluding hydrogens is 390 g/mol. The summed E-state index contributed by atoms with van der Waals surface area (Å²) < 4.78 is 4.74. The summed E-state index contributed by atoms with van der Waals surface area (Å²) in [6, 6.07) is 17.3. The average molecular weight is 409 g/mol. The summed E-state index contributed by atoms with van der Waals surface area (Å²) in [4.78, 5) is 43.6. The van der Waals surface area contributed by atoms with E-state index in [2.05, 4.69) is 15.3 Å². The summed E-state index contributed by atoms with van der Waals surface area (Å²) in [7, 11) is 1.28. The molecular formula is C21H19N3O4S. The summed E-state index contributed by atoms with van der Waals surface area (Å²) in [5.74, 6) is -0.873. The number of methoxy groups -OCH3 is 1. The third kappa shape index (κ3) is 5.11. The van der Waals surface area contributed by atoms with E-state index in [1.165, 1.54) is 13.2 Å². The van der Waals surface area contributed by atoms with E-state index < -0.39 is 11.2 Å². The van der Waals surface area contributed by atoms with Gasteiger partial charge in [-0.15, -0.1) is 0 Å². The predicted octanol–water partition coefficient (Wildman–Crippen LogP) is 3.34. The summed E-state index contributed by atoms with van der Waals surface area (Å²) in [6.07, 6.45) is 0. The zero-order valence-electron chi connectivity index (χ0n) is 15.8. The normalized spacial score (nSPS) is 11.5. The minimum absolute atomic E-state index is 0.262. The number of thioether (sulfide) groups is 1. The van der Waals surface area contributed by atoms with Crippen LogP contribution in [0.2, 0.25) is 0 Å². The molecule has 0 aliphatic carbocycles. The quantitative estimate of drug-likeness (QED) is 0.368. The Bertz CT molecular complexity index is 1080. The average Bonchev–Trinajstić information content (AvgIpc) is 2.73. The topological polar surface area (TPSA) is 101 Å². The molecule has 2 aromatic carbocycles. The lowest BCUT2D eigenvalue weighted by Gasteiger charge is -2.14. The molecule has 0 fully saturated rings. The molecule has 3 rings (SSSR count). The highest BCUT2D eigenvalue weighted by atomic mass is 32.2. The van der Waals surface area contributed by atoms with E-state index in [1.54, 1.807) is 31.2 Å². The summed E-state index contributed by atoms with van der Waals surface area (Å²) in [5.41, 5.74) is 1.66. The predicted molar refractivity (Wildman–Crippen MR) is 112 cm³/mol. The Morgan fingerprint density at radius 1 is 1.10 bits per heavy atom. The van der Waals surface area contributed by atoms with Gasteiger partial charge in [-0.1, -0.05) is 54.2 Å². The van der Waals surface area contributed by atoms with Crippen molar-refractivity contribution in [1.29, 1.82) is 0 Å². The van der Waals surface area contributed by atoms with Gasteiger partial charge in [-0.05, 0) is 19.1 Å². The lowest BCUT2D eigenvalue weighted by Crippen LogP contribution is -2.24. The second-order valence-electron chi connectivity index (χ2n) is 6.09. The Labute approximate surface area is 171 Å². The highest BCUT2D eigenvalue weighted by molar-refractivity contribution is 8.00. The lowest BCUT2D eigenvalue weighted by atomic mass is 10.1. The van der Waals surface area contributed by atoms with Crippen LogP contribution in [0.1, 0.15) is 17.3 Å². The number of rotatable bonds is 6. The minimum atomic E-state index is -0.574. The van der Waals surface area contributed by atoms with Crippen molar-refractivity contribution in [2.45, 2.75) is 17.3 Å². The molecule has 0 aliphatic heterocycles. The van der Waals surface area contributed by atoms with Gasteiger partial charge in [0.1, 0.15) is 0 Å². The number of hydrogen-bond donors (Lipinski definition) is 2. The number of anilines is 1. The monoisotopic (exact) mass is 409 g/mol. The third-order valence-corrected chi connectivity index (χ3v) is 5.02. The largest absolute Gasteiger partial charge is 0.465 e. The van der Waals surface area contributed by atoms with Gasteiger partial charge in [-0.25, -0.2) is 9.78 Å². The van der Waals surface area contributed by atoms with Crippen molar-refractivity contribution < 1.29 is 14.3 Å². The number of nitrogens with one attached hydrogen (secondary N) is 2. The van der Waals surface area contributed by atoms with Crippen molar-refractivity contribution in [2.24, 2.45) is 0 Å². The number of para-hydroxylation sites is 1. The molecule has 3 aromatic rings. The molecule has 1 amide bonds. The standard InChI is InChI=1S/C21H19N3O4S/c1-13(19(26)22-16-11-7-6-10-15(16)20(27)28-2)29-21-23-17(12-18(25)24-21)14-8-4-3-5-9-14/h3-13H,1-2H3,(H,22,26)(H,23,24,25)/t13-/m1/s1. The van der Waals surface area contributed by atoms with Crippen LogP contribution < -0.4 is 10.9 Å². The number of esters is 1. The van der Waals surface area contributed by atoms with Gasteiger partial charge in [0.15, 0.2) is 5.16 Å². The van der Waals surface area contributed by atoms with Crippen molar-refractivity contribution in [3.05, 3.63) is 76.6 Å². The molecule has 0 bridgehead atoms.